The summed E-state index contributed by atoms with van der Waals surface area (Å²) < 4.78 is 6.10. The van der Waals surface area contributed by atoms with Crippen molar-refractivity contribution in [2.24, 2.45) is 4.99 Å². The Balaban J connectivity index is 0.00000320. The van der Waals surface area contributed by atoms with Crippen molar-refractivity contribution in [2.45, 2.75) is 39.3 Å². The minimum Gasteiger partial charge on any atom is -0.457 e. The molecular weight excluding hydrogens is 491 g/mol. The Bertz CT molecular complexity index is 872. The molecule has 1 heterocycles. The highest BCUT2D eigenvalue weighted by Gasteiger charge is 2.23. The van der Waals surface area contributed by atoms with E-state index in [1.54, 1.807) is 4.90 Å². The second kappa shape index (κ2) is 11.8. The van der Waals surface area contributed by atoms with E-state index in [0.29, 0.717) is 19.5 Å². The molecule has 0 aromatic heterocycles. The molecule has 0 saturated carbocycles. The molecule has 162 valence electrons. The number of likely N-dealkylation sites (tertiary alicyclic amines) is 1. The van der Waals surface area contributed by atoms with Gasteiger partial charge in [-0.15, -0.1) is 24.0 Å². The summed E-state index contributed by atoms with van der Waals surface area (Å²) in [7, 11) is 1.85. The Kier molecular flexibility index (Phi) is 9.42. The number of ether oxygens (including phenoxy) is 1. The Labute approximate surface area is 196 Å². The van der Waals surface area contributed by atoms with Gasteiger partial charge >= 0.3 is 0 Å². The summed E-state index contributed by atoms with van der Waals surface area (Å²) in [6.07, 6.45) is 1.39. The lowest BCUT2D eigenvalue weighted by atomic mass is 10.1. The topological polar surface area (TPSA) is 66.0 Å². The third kappa shape index (κ3) is 6.90. The molecule has 2 aromatic carbocycles. The van der Waals surface area contributed by atoms with E-state index >= 15 is 0 Å². The van der Waals surface area contributed by atoms with E-state index in [1.165, 1.54) is 0 Å². The lowest BCUT2D eigenvalue weighted by Gasteiger charge is -2.31. The van der Waals surface area contributed by atoms with E-state index < -0.39 is 0 Å². The zero-order chi connectivity index (χ0) is 20.6. The molecule has 0 bridgehead atoms. The summed E-state index contributed by atoms with van der Waals surface area (Å²) in [5.41, 5.74) is 2.18. The summed E-state index contributed by atoms with van der Waals surface area (Å²) in [6.45, 7) is 6.06. The van der Waals surface area contributed by atoms with Crippen molar-refractivity contribution in [3.05, 3.63) is 59.7 Å². The number of piperidine rings is 1. The number of aliphatic imine (C=N–C) groups is 1. The highest BCUT2D eigenvalue weighted by atomic mass is 127. The first kappa shape index (κ1) is 24.0. The predicted molar refractivity (Wildman–Crippen MR) is 132 cm³/mol. The monoisotopic (exact) mass is 522 g/mol. The average molecular weight is 522 g/mol. The second-order valence-electron chi connectivity index (χ2n) is 7.38. The van der Waals surface area contributed by atoms with E-state index in [1.807, 2.05) is 69.4 Å². The Morgan fingerprint density at radius 1 is 1.23 bits per heavy atom. The molecule has 1 amide bonds. The van der Waals surface area contributed by atoms with Gasteiger partial charge in [0.25, 0.3) is 0 Å². The van der Waals surface area contributed by atoms with Crippen LogP contribution in [0.15, 0.2) is 53.5 Å². The summed E-state index contributed by atoms with van der Waals surface area (Å²) in [6, 6.07) is 16.2. The highest BCUT2D eigenvalue weighted by Crippen LogP contribution is 2.26. The zero-order valence-corrected chi connectivity index (χ0v) is 20.2. The fourth-order valence-corrected chi connectivity index (χ4v) is 3.35. The first-order chi connectivity index (χ1) is 14.0. The number of para-hydroxylation sites is 1. The molecule has 1 fully saturated rings. The van der Waals surface area contributed by atoms with E-state index in [-0.39, 0.29) is 35.9 Å². The maximum Gasteiger partial charge on any atom is 0.222 e. The van der Waals surface area contributed by atoms with Gasteiger partial charge in [-0.2, -0.15) is 0 Å². The van der Waals surface area contributed by atoms with Gasteiger partial charge in [-0.1, -0.05) is 30.3 Å². The maximum atomic E-state index is 11.7. The van der Waals surface area contributed by atoms with Gasteiger partial charge in [0.05, 0.1) is 6.54 Å². The van der Waals surface area contributed by atoms with Crippen molar-refractivity contribution in [1.82, 2.24) is 15.5 Å². The van der Waals surface area contributed by atoms with Crippen LogP contribution in [0.4, 0.5) is 0 Å². The Morgan fingerprint density at radius 2 is 2.03 bits per heavy atom. The number of likely N-dealkylation sites (N-methyl/N-ethyl adjacent to an activating group) is 1. The number of halogens is 1. The van der Waals surface area contributed by atoms with Crippen LogP contribution in [0.2, 0.25) is 0 Å². The lowest BCUT2D eigenvalue weighted by molar-refractivity contribution is -0.132. The van der Waals surface area contributed by atoms with Gasteiger partial charge < -0.3 is 20.3 Å². The minimum absolute atomic E-state index is 0. The molecule has 0 aliphatic carbocycles. The molecule has 1 aliphatic rings. The molecule has 6 nitrogen and oxygen atoms in total. The number of rotatable bonds is 6. The number of guanidine groups is 1. The minimum atomic E-state index is 0. The fourth-order valence-electron chi connectivity index (χ4n) is 3.35. The number of amides is 1. The third-order valence-electron chi connectivity index (χ3n) is 4.91. The standard InChI is InChI=1S/C23H30N4O2.HI/c1-4-24-23(26-19-12-13-22(28)27(3)16-19)25-15-18-9-5-6-11-21(18)29-20-10-7-8-17(2)14-20;/h5-11,14,19H,4,12-13,15-16H2,1-3H3,(H2,24,25,26);1H. The first-order valence-electron chi connectivity index (χ1n) is 10.2. The van der Waals surface area contributed by atoms with Crippen molar-refractivity contribution in [2.75, 3.05) is 20.1 Å². The molecule has 1 atom stereocenters. The molecule has 30 heavy (non-hydrogen) atoms. The second-order valence-corrected chi connectivity index (χ2v) is 7.38. The van der Waals surface area contributed by atoms with Gasteiger partial charge in [0.1, 0.15) is 11.5 Å². The van der Waals surface area contributed by atoms with Gasteiger partial charge in [-0.25, -0.2) is 4.99 Å². The maximum absolute atomic E-state index is 11.7. The molecule has 3 rings (SSSR count). The van der Waals surface area contributed by atoms with Crippen LogP contribution in [0, 0.1) is 6.92 Å². The smallest absolute Gasteiger partial charge is 0.222 e. The average Bonchev–Trinajstić information content (AvgIpc) is 2.70. The molecule has 2 aromatic rings. The number of carbonyl (C=O) groups is 1. The van der Waals surface area contributed by atoms with Crippen molar-refractivity contribution < 1.29 is 9.53 Å². The van der Waals surface area contributed by atoms with Crippen LogP contribution in [0.3, 0.4) is 0 Å². The summed E-state index contributed by atoms with van der Waals surface area (Å²) >= 11 is 0. The van der Waals surface area contributed by atoms with Crippen molar-refractivity contribution in [3.8, 4) is 11.5 Å². The van der Waals surface area contributed by atoms with E-state index in [9.17, 15) is 4.79 Å². The summed E-state index contributed by atoms with van der Waals surface area (Å²) in [5.74, 6) is 2.58. The third-order valence-corrected chi connectivity index (χ3v) is 4.91. The first-order valence-corrected chi connectivity index (χ1v) is 10.2. The molecule has 2 N–H and O–H groups in total. The van der Waals surface area contributed by atoms with Crippen LogP contribution in [-0.2, 0) is 11.3 Å². The lowest BCUT2D eigenvalue weighted by Crippen LogP contribution is -2.51. The molecule has 0 spiro atoms. The zero-order valence-electron chi connectivity index (χ0n) is 17.9. The van der Waals surface area contributed by atoms with E-state index in [2.05, 4.69) is 10.6 Å². The van der Waals surface area contributed by atoms with Gasteiger partial charge in [0, 0.05) is 38.2 Å². The van der Waals surface area contributed by atoms with Crippen LogP contribution in [0.1, 0.15) is 30.9 Å². The number of aryl methyl sites for hydroxylation is 1. The van der Waals surface area contributed by atoms with Crippen LogP contribution >= 0.6 is 24.0 Å². The van der Waals surface area contributed by atoms with Crippen LogP contribution in [0.5, 0.6) is 11.5 Å². The molecular formula is C23H31IN4O2. The molecule has 1 saturated heterocycles. The Hall–Kier alpha value is -2.29. The molecule has 7 heteroatoms. The highest BCUT2D eigenvalue weighted by molar-refractivity contribution is 14.0. The predicted octanol–water partition coefficient (Wildman–Crippen LogP) is 4.08. The number of benzene rings is 2. The number of nitrogens with zero attached hydrogens (tertiary/aromatic N) is 2. The van der Waals surface area contributed by atoms with E-state index in [0.717, 1.165) is 41.6 Å². The van der Waals surface area contributed by atoms with Crippen molar-refractivity contribution in [3.63, 3.8) is 0 Å². The number of hydrogen-bond acceptors (Lipinski definition) is 3. The normalized spacial score (nSPS) is 16.6. The molecule has 1 unspecified atom stereocenters. The summed E-state index contributed by atoms with van der Waals surface area (Å²) in [5, 5.41) is 6.76. The van der Waals surface area contributed by atoms with Crippen LogP contribution in [0.25, 0.3) is 0 Å². The van der Waals surface area contributed by atoms with Crippen LogP contribution < -0.4 is 15.4 Å². The van der Waals surface area contributed by atoms with Gasteiger partial charge in [-0.05, 0) is 44.0 Å². The Morgan fingerprint density at radius 3 is 2.77 bits per heavy atom. The number of nitrogens with one attached hydrogen (secondary N) is 2. The van der Waals surface area contributed by atoms with Gasteiger partial charge in [0.2, 0.25) is 5.91 Å². The number of carbonyl (C=O) groups excluding carboxylic acids is 1. The number of hydrogen-bond donors (Lipinski definition) is 2. The van der Waals surface area contributed by atoms with Gasteiger partial charge in [-0.3, -0.25) is 4.79 Å². The van der Waals surface area contributed by atoms with Crippen LogP contribution in [-0.4, -0.2) is 42.9 Å². The SMILES string of the molecule is CCNC(=NCc1ccccc1Oc1cccc(C)c1)NC1CCC(=O)N(C)C1.I. The summed E-state index contributed by atoms with van der Waals surface area (Å²) in [4.78, 5) is 18.2. The quantitative estimate of drug-likeness (QED) is 0.341. The van der Waals surface area contributed by atoms with Gasteiger partial charge in [0.15, 0.2) is 5.96 Å². The van der Waals surface area contributed by atoms with Crippen molar-refractivity contribution >= 4 is 35.8 Å². The molecule has 1 aliphatic heterocycles. The molecule has 0 radical (unpaired) electrons. The van der Waals surface area contributed by atoms with Crippen molar-refractivity contribution in [1.29, 1.82) is 0 Å². The fraction of sp³-hybridized carbons (Fsp3) is 0.391. The largest absolute Gasteiger partial charge is 0.457 e. The van der Waals surface area contributed by atoms with E-state index in [4.69, 9.17) is 9.73 Å².